The lowest BCUT2D eigenvalue weighted by molar-refractivity contribution is -0.134. The molecule has 1 saturated heterocycles. The van der Waals surface area contributed by atoms with Gasteiger partial charge in [-0.25, -0.2) is 0 Å². The fourth-order valence-corrected chi connectivity index (χ4v) is 2.49. The van der Waals surface area contributed by atoms with Gasteiger partial charge in [0.1, 0.15) is 0 Å². The molecule has 2 N–H and O–H groups in total. The average Bonchev–Trinajstić information content (AvgIpc) is 2.42. The topological polar surface area (TPSA) is 73.4 Å². The van der Waals surface area contributed by atoms with Gasteiger partial charge in [-0.2, -0.15) is 17.0 Å². The number of nitrogens with zero attached hydrogens (tertiary/aromatic N) is 3. The molecule has 1 heterocycles. The monoisotopic (exact) mass is 270 g/mol. The third kappa shape index (κ3) is 4.84. The second-order valence-corrected chi connectivity index (χ2v) is 5.45. The second kappa shape index (κ2) is 8.35. The third-order valence-corrected chi connectivity index (χ3v) is 3.82. The predicted molar refractivity (Wildman–Crippen MR) is 74.2 cm³/mol. The number of nitriles is 1. The summed E-state index contributed by atoms with van der Waals surface area (Å²) in [5.41, 5.74) is 5.89. The second-order valence-electron chi connectivity index (χ2n) is 4.46. The summed E-state index contributed by atoms with van der Waals surface area (Å²) in [7, 11) is 0. The van der Waals surface area contributed by atoms with Crippen LogP contribution in [-0.4, -0.2) is 66.5 Å². The van der Waals surface area contributed by atoms with E-state index in [-0.39, 0.29) is 11.9 Å². The number of carbonyl (C=O) groups is 1. The number of rotatable bonds is 6. The first kappa shape index (κ1) is 15.3. The van der Waals surface area contributed by atoms with E-state index in [0.717, 1.165) is 44.9 Å². The zero-order valence-corrected chi connectivity index (χ0v) is 11.8. The molecule has 5 nitrogen and oxygen atoms in total. The minimum absolute atomic E-state index is 0.0731. The van der Waals surface area contributed by atoms with E-state index in [1.54, 1.807) is 11.8 Å². The van der Waals surface area contributed by atoms with Crippen LogP contribution in [0.3, 0.4) is 0 Å². The molecule has 1 atom stereocenters. The van der Waals surface area contributed by atoms with Crippen LogP contribution in [0.25, 0.3) is 0 Å². The molecule has 0 bridgehead atoms. The molecule has 6 heteroatoms. The van der Waals surface area contributed by atoms with Gasteiger partial charge in [0.2, 0.25) is 5.91 Å². The third-order valence-electron chi connectivity index (χ3n) is 3.17. The Kier molecular flexibility index (Phi) is 7.09. The summed E-state index contributed by atoms with van der Waals surface area (Å²) in [5, 5.41) is 8.53. The summed E-state index contributed by atoms with van der Waals surface area (Å²) in [6.07, 6.45) is 3.32. The average molecular weight is 270 g/mol. The van der Waals surface area contributed by atoms with Gasteiger partial charge in [0.25, 0.3) is 0 Å². The molecule has 1 aliphatic rings. The molecule has 0 radical (unpaired) electrons. The molecule has 0 spiro atoms. The minimum Gasteiger partial charge on any atom is -0.339 e. The van der Waals surface area contributed by atoms with E-state index in [1.165, 1.54) is 0 Å². The van der Waals surface area contributed by atoms with Crippen molar-refractivity contribution in [2.45, 2.75) is 18.9 Å². The predicted octanol–water partition coefficient (Wildman–Crippen LogP) is 0.125. The van der Waals surface area contributed by atoms with Crippen molar-refractivity contribution in [2.24, 2.45) is 5.73 Å². The number of thioether (sulfide) groups is 1. The van der Waals surface area contributed by atoms with Crippen LogP contribution in [0.5, 0.6) is 0 Å². The number of hydrogen-bond acceptors (Lipinski definition) is 5. The van der Waals surface area contributed by atoms with Crippen molar-refractivity contribution in [1.82, 2.24) is 9.80 Å². The normalized spacial score (nSPS) is 18.4. The highest BCUT2D eigenvalue weighted by atomic mass is 32.2. The molecule has 0 aromatic rings. The quantitative estimate of drug-likeness (QED) is 0.742. The molecule has 0 aromatic carbocycles. The first-order chi connectivity index (χ1) is 8.69. The van der Waals surface area contributed by atoms with E-state index in [4.69, 9.17) is 11.0 Å². The molecule has 1 amide bonds. The zero-order chi connectivity index (χ0) is 13.4. The summed E-state index contributed by atoms with van der Waals surface area (Å²) in [6, 6.07) is 1.79. The van der Waals surface area contributed by atoms with Gasteiger partial charge in [-0.15, -0.1) is 0 Å². The van der Waals surface area contributed by atoms with Crippen LogP contribution in [0.1, 0.15) is 12.8 Å². The van der Waals surface area contributed by atoms with Crippen LogP contribution in [0.2, 0.25) is 0 Å². The van der Waals surface area contributed by atoms with E-state index < -0.39 is 0 Å². The lowest BCUT2D eigenvalue weighted by Gasteiger charge is -2.35. The van der Waals surface area contributed by atoms with Crippen molar-refractivity contribution in [3.8, 4) is 6.07 Å². The summed E-state index contributed by atoms with van der Waals surface area (Å²) in [5.74, 6) is 0.999. The molecule has 0 unspecified atom stereocenters. The summed E-state index contributed by atoms with van der Waals surface area (Å²) >= 11 is 1.71. The molecule has 1 fully saturated rings. The lowest BCUT2D eigenvalue weighted by atomic mass is 10.2. The van der Waals surface area contributed by atoms with Crippen LogP contribution >= 0.6 is 11.8 Å². The molecule has 1 rings (SSSR count). The molecule has 18 heavy (non-hydrogen) atoms. The van der Waals surface area contributed by atoms with E-state index in [0.29, 0.717) is 6.42 Å². The Bertz CT molecular complexity index is 297. The number of piperazine rings is 1. The van der Waals surface area contributed by atoms with Crippen molar-refractivity contribution in [3.63, 3.8) is 0 Å². The lowest BCUT2D eigenvalue weighted by Crippen LogP contribution is -2.53. The van der Waals surface area contributed by atoms with Gasteiger partial charge in [-0.1, -0.05) is 0 Å². The standard InChI is InChI=1S/C12H22N4OS/c1-18-10-3-11(14)12(17)16-8-6-15(7-9-16)5-2-4-13/h11H,2-3,5-10,14H2,1H3/t11-/m1/s1. The molecular formula is C12H22N4OS. The summed E-state index contributed by atoms with van der Waals surface area (Å²) in [4.78, 5) is 16.1. The van der Waals surface area contributed by atoms with E-state index in [2.05, 4.69) is 11.0 Å². The van der Waals surface area contributed by atoms with Gasteiger partial charge in [0.05, 0.1) is 12.1 Å². The Balaban J connectivity index is 2.29. The van der Waals surface area contributed by atoms with E-state index in [1.807, 2.05) is 11.2 Å². The Morgan fingerprint density at radius 3 is 2.67 bits per heavy atom. The zero-order valence-electron chi connectivity index (χ0n) is 11.0. The Labute approximate surface area is 113 Å². The number of nitrogens with two attached hydrogens (primary N) is 1. The van der Waals surface area contributed by atoms with Gasteiger partial charge in [0, 0.05) is 39.1 Å². The van der Waals surface area contributed by atoms with E-state index in [9.17, 15) is 4.79 Å². The molecule has 1 aliphatic heterocycles. The van der Waals surface area contributed by atoms with Crippen LogP contribution in [0.15, 0.2) is 0 Å². The van der Waals surface area contributed by atoms with Crippen LogP contribution in [-0.2, 0) is 4.79 Å². The maximum atomic E-state index is 12.0. The molecule has 102 valence electrons. The Hall–Kier alpha value is -0.770. The SMILES string of the molecule is CSCC[C@@H](N)C(=O)N1CCN(CCC#N)CC1. The first-order valence-corrected chi connectivity index (χ1v) is 7.71. The van der Waals surface area contributed by atoms with Crippen LogP contribution < -0.4 is 5.73 Å². The maximum Gasteiger partial charge on any atom is 0.239 e. The number of hydrogen-bond donors (Lipinski definition) is 1. The van der Waals surface area contributed by atoms with Gasteiger partial charge >= 0.3 is 0 Å². The molecule has 0 aliphatic carbocycles. The van der Waals surface area contributed by atoms with Crippen molar-refractivity contribution >= 4 is 17.7 Å². The summed E-state index contributed by atoms with van der Waals surface area (Å²) < 4.78 is 0. The van der Waals surface area contributed by atoms with Gasteiger partial charge in [-0.3, -0.25) is 9.69 Å². The maximum absolute atomic E-state index is 12.0. The fourth-order valence-electron chi connectivity index (χ4n) is 2.00. The highest BCUT2D eigenvalue weighted by Gasteiger charge is 2.24. The minimum atomic E-state index is -0.358. The van der Waals surface area contributed by atoms with Crippen molar-refractivity contribution in [2.75, 3.05) is 44.7 Å². The van der Waals surface area contributed by atoms with Gasteiger partial charge in [-0.05, 0) is 18.4 Å². The highest BCUT2D eigenvalue weighted by molar-refractivity contribution is 7.98. The molecule has 0 aromatic heterocycles. The largest absolute Gasteiger partial charge is 0.339 e. The first-order valence-electron chi connectivity index (χ1n) is 6.31. The van der Waals surface area contributed by atoms with E-state index >= 15 is 0 Å². The van der Waals surface area contributed by atoms with Crippen molar-refractivity contribution < 1.29 is 4.79 Å². The smallest absolute Gasteiger partial charge is 0.239 e. The highest BCUT2D eigenvalue weighted by Crippen LogP contribution is 2.07. The molecular weight excluding hydrogens is 248 g/mol. The summed E-state index contributed by atoms with van der Waals surface area (Å²) in [6.45, 7) is 3.97. The Morgan fingerprint density at radius 1 is 1.44 bits per heavy atom. The van der Waals surface area contributed by atoms with Crippen molar-refractivity contribution in [1.29, 1.82) is 5.26 Å². The number of amides is 1. The van der Waals surface area contributed by atoms with Gasteiger partial charge in [0.15, 0.2) is 0 Å². The van der Waals surface area contributed by atoms with Crippen LogP contribution in [0, 0.1) is 11.3 Å². The van der Waals surface area contributed by atoms with Crippen LogP contribution in [0.4, 0.5) is 0 Å². The molecule has 0 saturated carbocycles. The van der Waals surface area contributed by atoms with Gasteiger partial charge < -0.3 is 10.6 Å². The van der Waals surface area contributed by atoms with Crippen molar-refractivity contribution in [3.05, 3.63) is 0 Å². The fraction of sp³-hybridized carbons (Fsp3) is 0.833. The number of carbonyl (C=O) groups excluding carboxylic acids is 1. The Morgan fingerprint density at radius 2 is 2.11 bits per heavy atom.